The number of esters is 1. The lowest BCUT2D eigenvalue weighted by atomic mass is 9.84. The Balaban J connectivity index is 1.71. The number of aromatic nitrogens is 1. The number of hydrazine groups is 1. The summed E-state index contributed by atoms with van der Waals surface area (Å²) in [5, 5.41) is 3.27. The van der Waals surface area contributed by atoms with Crippen LogP contribution in [0.1, 0.15) is 70.3 Å². The van der Waals surface area contributed by atoms with Gasteiger partial charge in [-0.25, -0.2) is 5.43 Å². The number of ether oxygens (including phenoxy) is 3. The Morgan fingerprint density at radius 1 is 1.33 bits per heavy atom. The lowest BCUT2D eigenvalue weighted by Gasteiger charge is -2.36. The first-order valence-corrected chi connectivity index (χ1v) is 19.3. The number of cyclic esters (lactones) is 1. The molecule has 0 spiro atoms. The molecule has 3 aliphatic rings. The molecule has 5 rings (SSSR count). The zero-order valence-corrected chi connectivity index (χ0v) is 32.9. The fraction of sp³-hybridized carbons (Fsp3) is 0.590. The van der Waals surface area contributed by atoms with Crippen molar-refractivity contribution < 1.29 is 23.8 Å². The first kappa shape index (κ1) is 39.9. The van der Waals surface area contributed by atoms with E-state index < -0.39 is 29.6 Å². The van der Waals surface area contributed by atoms with Gasteiger partial charge in [0.1, 0.15) is 18.2 Å². The van der Waals surface area contributed by atoms with Gasteiger partial charge in [0.15, 0.2) is 0 Å². The quantitative estimate of drug-likeness (QED) is 0.201. The molecule has 12 nitrogen and oxygen atoms in total. The summed E-state index contributed by atoms with van der Waals surface area (Å²) in [5.41, 5.74) is 15.4. The second-order valence-corrected chi connectivity index (χ2v) is 15.8. The number of carbonyl (C=O) groups is 2. The van der Waals surface area contributed by atoms with Gasteiger partial charge in [0, 0.05) is 60.6 Å². The summed E-state index contributed by atoms with van der Waals surface area (Å²) < 4.78 is 20.5. The smallest absolute Gasteiger partial charge is 0.324 e. The number of fused-ring (bicyclic) bond motifs is 5. The summed E-state index contributed by atoms with van der Waals surface area (Å²) in [6, 6.07) is 4.74. The summed E-state index contributed by atoms with van der Waals surface area (Å²) in [7, 11) is 5.63. The zero-order chi connectivity index (χ0) is 37.7. The van der Waals surface area contributed by atoms with Crippen LogP contribution in [0.15, 0.2) is 46.5 Å². The number of nitrogens with one attached hydrogen (secondary N) is 1. The van der Waals surface area contributed by atoms with E-state index in [-0.39, 0.29) is 24.7 Å². The minimum atomic E-state index is -1.01. The molecular weight excluding hydrogens is 679 g/mol. The highest BCUT2D eigenvalue weighted by atomic mass is 32.2. The Kier molecular flexibility index (Phi) is 13.2. The van der Waals surface area contributed by atoms with Crippen molar-refractivity contribution in [1.82, 2.24) is 19.9 Å². The fourth-order valence-electron chi connectivity index (χ4n) is 7.16. The monoisotopic (exact) mass is 735 g/mol. The fourth-order valence-corrected chi connectivity index (χ4v) is 8.34. The number of hydrogen-bond acceptors (Lipinski definition) is 11. The number of thioether (sulfide) groups is 1. The molecule has 1 aromatic carbocycles. The van der Waals surface area contributed by atoms with Gasteiger partial charge in [-0.05, 0) is 77.4 Å². The number of aryl methyl sites for hydroxylation is 1. The number of hydrogen-bond donors (Lipinski definition) is 2. The number of allylic oxidation sites excluding steroid dienone is 2. The van der Waals surface area contributed by atoms with Crippen LogP contribution in [0.3, 0.4) is 0 Å². The van der Waals surface area contributed by atoms with Crippen molar-refractivity contribution in [2.45, 2.75) is 90.8 Å². The van der Waals surface area contributed by atoms with Crippen molar-refractivity contribution in [2.24, 2.45) is 21.1 Å². The maximum atomic E-state index is 13.9. The normalized spacial score (nSPS) is 25.3. The topological polar surface area (TPSA) is 136 Å². The van der Waals surface area contributed by atoms with Gasteiger partial charge in [0.25, 0.3) is 5.91 Å². The Morgan fingerprint density at radius 3 is 2.77 bits per heavy atom. The third-order valence-electron chi connectivity index (χ3n) is 10.00. The lowest BCUT2D eigenvalue weighted by molar-refractivity contribution is -0.155. The third kappa shape index (κ3) is 8.55. The van der Waals surface area contributed by atoms with Crippen LogP contribution >= 0.6 is 11.8 Å². The van der Waals surface area contributed by atoms with E-state index >= 15 is 0 Å². The van der Waals surface area contributed by atoms with Crippen molar-refractivity contribution in [3.05, 3.63) is 53.4 Å². The molecule has 5 atom stereocenters. The molecular formula is C39H57N7O5S. The average Bonchev–Trinajstić information content (AvgIpc) is 3.74. The molecule has 0 aliphatic carbocycles. The molecule has 2 aromatic rings. The molecule has 3 aliphatic heterocycles. The highest BCUT2D eigenvalue weighted by Crippen LogP contribution is 2.41. The number of benzene rings is 1. The minimum Gasteiger partial charge on any atom is -0.464 e. The van der Waals surface area contributed by atoms with Crippen LogP contribution in [0, 0.1) is 5.41 Å². The largest absolute Gasteiger partial charge is 0.464 e. The summed E-state index contributed by atoms with van der Waals surface area (Å²) in [6.07, 6.45) is 4.45. The van der Waals surface area contributed by atoms with E-state index in [1.165, 1.54) is 5.01 Å². The van der Waals surface area contributed by atoms with E-state index in [0.717, 1.165) is 39.0 Å². The van der Waals surface area contributed by atoms with Gasteiger partial charge in [-0.2, -0.15) is 0 Å². The number of likely N-dealkylation sites (N-methyl/N-ethyl adjacent to an activating group) is 1. The van der Waals surface area contributed by atoms with Crippen LogP contribution in [0.2, 0.25) is 0 Å². The highest BCUT2D eigenvalue weighted by Gasteiger charge is 2.39. The predicted octanol–water partition coefficient (Wildman–Crippen LogP) is 4.77. The van der Waals surface area contributed by atoms with Crippen LogP contribution in [-0.2, 0) is 36.8 Å². The molecule has 1 saturated heterocycles. The molecule has 284 valence electrons. The molecule has 4 heterocycles. The molecule has 0 radical (unpaired) electrons. The number of nitrogens with two attached hydrogens (primary N) is 1. The van der Waals surface area contributed by atoms with Crippen LogP contribution in [0.5, 0.6) is 0 Å². The summed E-state index contributed by atoms with van der Waals surface area (Å²) in [5.74, 6) is -0.0282. The maximum absolute atomic E-state index is 13.9. The van der Waals surface area contributed by atoms with Crippen LogP contribution in [0.4, 0.5) is 0 Å². The first-order chi connectivity index (χ1) is 24.8. The number of methoxy groups -OCH3 is 1. The molecule has 13 heteroatoms. The Labute approximate surface area is 312 Å². The van der Waals surface area contributed by atoms with Crippen LogP contribution < -0.4 is 11.2 Å². The highest BCUT2D eigenvalue weighted by molar-refractivity contribution is 8.14. The van der Waals surface area contributed by atoms with E-state index in [1.807, 2.05) is 38.9 Å². The Morgan fingerprint density at radius 2 is 2.10 bits per heavy atom. The van der Waals surface area contributed by atoms with Gasteiger partial charge in [0.2, 0.25) is 0 Å². The molecule has 1 fully saturated rings. The van der Waals surface area contributed by atoms with E-state index in [4.69, 9.17) is 29.9 Å². The summed E-state index contributed by atoms with van der Waals surface area (Å²) >= 11 is 1.59. The van der Waals surface area contributed by atoms with Crippen molar-refractivity contribution in [3.63, 3.8) is 0 Å². The van der Waals surface area contributed by atoms with Gasteiger partial charge in [-0.15, -0.1) is 11.8 Å². The van der Waals surface area contributed by atoms with Crippen LogP contribution in [0.25, 0.3) is 16.5 Å². The number of rotatable bonds is 10. The molecule has 1 aromatic heterocycles. The van der Waals surface area contributed by atoms with Crippen molar-refractivity contribution >= 4 is 51.4 Å². The standard InChI is InChI=1S/C39H57N7O5S/c1-10-26(33(41-11-2)24(4)49-9)34-28-21-39(5,6)23-51-38(48)29-14-13-17-46(43-29)37(47)32(40)35(50-19-18-44(7)8)36-42-30(22-52-36)25-15-16-31(27(28)20-25)45(34)12-3/h10-11,15-16,20,24,29-30,32,35,43H,1,12-14,17-19,21-23,40H2,2-9H3/b33-26+,41-11?/t24-,29-,30?,32-,35-/m0/s1. The van der Waals surface area contributed by atoms with E-state index in [1.54, 1.807) is 25.1 Å². The first-order valence-electron chi connectivity index (χ1n) is 18.3. The SMILES string of the molecule is C=C/C(=C(\N=CC)[C@H](C)OC)c1c2c3cc(ccc3n1CC)C1CSC(=N1)[C@@H](OCCN(C)C)[C@H](N)C(=O)N1CCC[C@H](N1)C(=O)OCC(C)(C)C2. The van der Waals surface area contributed by atoms with Gasteiger partial charge >= 0.3 is 5.97 Å². The second kappa shape index (κ2) is 17.2. The van der Waals surface area contributed by atoms with Crippen molar-refractivity contribution in [3.8, 4) is 0 Å². The molecule has 3 N–H and O–H groups in total. The Hall–Kier alpha value is -3.33. The third-order valence-corrected chi connectivity index (χ3v) is 11.1. The van der Waals surface area contributed by atoms with Crippen molar-refractivity contribution in [2.75, 3.05) is 53.3 Å². The molecule has 1 unspecified atom stereocenters. The van der Waals surface area contributed by atoms with Crippen molar-refractivity contribution in [1.29, 1.82) is 0 Å². The zero-order valence-electron chi connectivity index (χ0n) is 32.1. The lowest BCUT2D eigenvalue weighted by Crippen LogP contribution is -2.62. The number of amides is 1. The summed E-state index contributed by atoms with van der Waals surface area (Å²) in [6.45, 7) is 16.9. The van der Waals surface area contributed by atoms with Gasteiger partial charge in [0.05, 0.1) is 41.8 Å². The van der Waals surface area contributed by atoms with Gasteiger partial charge < -0.3 is 29.4 Å². The minimum absolute atomic E-state index is 0.151. The van der Waals surface area contributed by atoms with E-state index in [2.05, 4.69) is 55.5 Å². The maximum Gasteiger partial charge on any atom is 0.324 e. The molecule has 0 saturated carbocycles. The number of aliphatic imine (C=N–C) groups is 2. The summed E-state index contributed by atoms with van der Waals surface area (Å²) in [4.78, 5) is 39.5. The van der Waals surface area contributed by atoms with E-state index in [9.17, 15) is 9.59 Å². The predicted molar refractivity (Wildman–Crippen MR) is 211 cm³/mol. The molecule has 1 amide bonds. The Bertz CT molecular complexity index is 1730. The van der Waals surface area contributed by atoms with Gasteiger partial charge in [-0.3, -0.25) is 24.6 Å². The molecule has 52 heavy (non-hydrogen) atoms. The van der Waals surface area contributed by atoms with Gasteiger partial charge in [-0.1, -0.05) is 32.6 Å². The van der Waals surface area contributed by atoms with E-state index in [0.29, 0.717) is 56.3 Å². The second-order valence-electron chi connectivity index (χ2n) is 14.8. The number of nitrogens with zero attached hydrogens (tertiary/aromatic N) is 5. The molecule has 6 bridgehead atoms. The number of carbonyl (C=O) groups excluding carboxylic acids is 2. The average molecular weight is 736 g/mol. The van der Waals surface area contributed by atoms with Crippen LogP contribution in [-0.4, -0.2) is 115 Å².